The van der Waals surface area contributed by atoms with Crippen molar-refractivity contribution < 1.29 is 18.3 Å². The van der Waals surface area contributed by atoms with Crippen molar-refractivity contribution in [2.45, 2.75) is 45.4 Å². The van der Waals surface area contributed by atoms with Gasteiger partial charge >= 0.3 is 5.97 Å². The van der Waals surface area contributed by atoms with Gasteiger partial charge in [-0.1, -0.05) is 12.2 Å². The molecule has 1 aromatic carbocycles. The molecule has 1 aliphatic carbocycles. The van der Waals surface area contributed by atoms with Crippen LogP contribution in [0.25, 0.3) is 0 Å². The predicted molar refractivity (Wildman–Crippen MR) is 81.5 cm³/mol. The molecule has 0 N–H and O–H groups in total. The van der Waals surface area contributed by atoms with Crippen LogP contribution < -0.4 is 4.74 Å². The molecule has 0 spiro atoms. The Morgan fingerprint density at radius 3 is 2.59 bits per heavy atom. The van der Waals surface area contributed by atoms with Gasteiger partial charge in [-0.25, -0.2) is 8.78 Å². The zero-order valence-corrected chi connectivity index (χ0v) is 12.9. The number of benzene rings is 1. The maximum Gasteiger partial charge on any atom is 0.314 e. The Morgan fingerprint density at radius 2 is 1.95 bits per heavy atom. The molecule has 120 valence electrons. The van der Waals surface area contributed by atoms with E-state index >= 15 is 0 Å². The van der Waals surface area contributed by atoms with Crippen LogP contribution in [0.4, 0.5) is 8.78 Å². The highest BCUT2D eigenvalue weighted by Crippen LogP contribution is 2.32. The van der Waals surface area contributed by atoms with Crippen molar-refractivity contribution in [3.05, 3.63) is 42.0 Å². The molecule has 0 atom stereocenters. The highest BCUT2D eigenvalue weighted by Gasteiger charge is 2.27. The van der Waals surface area contributed by atoms with Gasteiger partial charge in [0.25, 0.3) is 0 Å². The minimum absolute atomic E-state index is 0.0686. The summed E-state index contributed by atoms with van der Waals surface area (Å²) in [4.78, 5) is 12.1. The minimum atomic E-state index is -1.00. The molecular formula is C18H22F2O2. The van der Waals surface area contributed by atoms with Gasteiger partial charge in [0, 0.05) is 6.07 Å². The van der Waals surface area contributed by atoms with Gasteiger partial charge in [-0.2, -0.15) is 0 Å². The van der Waals surface area contributed by atoms with Gasteiger partial charge in [0.05, 0.1) is 5.92 Å². The first-order valence-electron chi connectivity index (χ1n) is 7.88. The second-order valence-corrected chi connectivity index (χ2v) is 5.86. The molecule has 1 saturated carbocycles. The summed E-state index contributed by atoms with van der Waals surface area (Å²) in [5, 5.41) is 0. The molecule has 0 saturated heterocycles. The van der Waals surface area contributed by atoms with Crippen molar-refractivity contribution in [2.24, 2.45) is 11.8 Å². The second kappa shape index (κ2) is 8.06. The van der Waals surface area contributed by atoms with Crippen LogP contribution in [0.15, 0.2) is 30.4 Å². The quantitative estimate of drug-likeness (QED) is 0.433. The molecule has 4 heteroatoms. The van der Waals surface area contributed by atoms with Crippen LogP contribution in [0.5, 0.6) is 5.75 Å². The van der Waals surface area contributed by atoms with E-state index in [-0.39, 0.29) is 17.6 Å². The number of carbonyl (C=O) groups is 1. The SMILES string of the molecule is C/C=C/CCC1CCC(C(=O)Oc2ccc(F)c(F)c2)CC1. The summed E-state index contributed by atoms with van der Waals surface area (Å²) in [5.41, 5.74) is 0. The van der Waals surface area contributed by atoms with Crippen molar-refractivity contribution in [1.82, 2.24) is 0 Å². The average Bonchev–Trinajstić information content (AvgIpc) is 2.52. The molecule has 0 aliphatic heterocycles. The summed E-state index contributed by atoms with van der Waals surface area (Å²) in [6, 6.07) is 3.16. The van der Waals surface area contributed by atoms with E-state index < -0.39 is 11.6 Å². The lowest BCUT2D eigenvalue weighted by Gasteiger charge is -2.26. The Bertz CT molecular complexity index is 532. The fourth-order valence-electron chi connectivity index (χ4n) is 2.93. The fraction of sp³-hybridized carbons (Fsp3) is 0.500. The molecule has 1 aromatic rings. The number of esters is 1. The van der Waals surface area contributed by atoms with Crippen LogP contribution in [-0.2, 0) is 4.79 Å². The van der Waals surface area contributed by atoms with Gasteiger partial charge in [0.15, 0.2) is 11.6 Å². The van der Waals surface area contributed by atoms with Crippen LogP contribution in [0.2, 0.25) is 0 Å². The topological polar surface area (TPSA) is 26.3 Å². The maximum absolute atomic E-state index is 13.1. The van der Waals surface area contributed by atoms with Gasteiger partial charge in [0.1, 0.15) is 5.75 Å². The van der Waals surface area contributed by atoms with Gasteiger partial charge in [-0.3, -0.25) is 4.79 Å². The van der Waals surface area contributed by atoms with Crippen LogP contribution in [0.1, 0.15) is 45.4 Å². The molecular weight excluding hydrogens is 286 g/mol. The Morgan fingerprint density at radius 1 is 1.23 bits per heavy atom. The number of allylic oxidation sites excluding steroid dienone is 2. The summed E-state index contributed by atoms with van der Waals surface area (Å²) in [7, 11) is 0. The summed E-state index contributed by atoms with van der Waals surface area (Å²) in [5.74, 6) is -1.67. The number of hydrogen-bond acceptors (Lipinski definition) is 2. The van der Waals surface area contributed by atoms with E-state index in [0.717, 1.165) is 50.7 Å². The monoisotopic (exact) mass is 308 g/mol. The van der Waals surface area contributed by atoms with E-state index in [0.29, 0.717) is 5.92 Å². The molecule has 0 bridgehead atoms. The largest absolute Gasteiger partial charge is 0.426 e. The third-order valence-electron chi connectivity index (χ3n) is 4.27. The van der Waals surface area contributed by atoms with Crippen LogP contribution in [0, 0.1) is 23.5 Å². The first kappa shape index (κ1) is 16.7. The maximum atomic E-state index is 13.1. The third-order valence-corrected chi connectivity index (χ3v) is 4.27. The van der Waals surface area contributed by atoms with Crippen LogP contribution in [-0.4, -0.2) is 5.97 Å². The number of carbonyl (C=O) groups excluding carboxylic acids is 1. The Hall–Kier alpha value is -1.71. The summed E-state index contributed by atoms with van der Waals surface area (Å²) in [6.07, 6.45) is 10.1. The summed E-state index contributed by atoms with van der Waals surface area (Å²) in [6.45, 7) is 2.02. The number of hydrogen-bond donors (Lipinski definition) is 0. The standard InChI is InChI=1S/C18H22F2O2/c1-2-3-4-5-13-6-8-14(9-7-13)18(21)22-15-10-11-16(19)17(20)12-15/h2-3,10-14H,4-9H2,1H3/b3-2+. The van der Waals surface area contributed by atoms with E-state index in [1.807, 2.05) is 6.92 Å². The molecule has 22 heavy (non-hydrogen) atoms. The molecule has 0 heterocycles. The van der Waals surface area contributed by atoms with Crippen molar-refractivity contribution in [2.75, 3.05) is 0 Å². The minimum Gasteiger partial charge on any atom is -0.426 e. The number of ether oxygens (including phenoxy) is 1. The lowest BCUT2D eigenvalue weighted by Crippen LogP contribution is -2.25. The Labute approximate surface area is 130 Å². The van der Waals surface area contributed by atoms with Gasteiger partial charge in [-0.05, 0) is 63.5 Å². The predicted octanol–water partition coefficient (Wildman–Crippen LogP) is 5.03. The van der Waals surface area contributed by atoms with E-state index in [4.69, 9.17) is 4.74 Å². The first-order valence-corrected chi connectivity index (χ1v) is 7.88. The lowest BCUT2D eigenvalue weighted by molar-refractivity contribution is -0.140. The average molecular weight is 308 g/mol. The van der Waals surface area contributed by atoms with Gasteiger partial charge in [0.2, 0.25) is 0 Å². The summed E-state index contributed by atoms with van der Waals surface area (Å²) < 4.78 is 31.1. The molecule has 1 aliphatic rings. The second-order valence-electron chi connectivity index (χ2n) is 5.86. The first-order chi connectivity index (χ1) is 10.6. The third kappa shape index (κ3) is 4.65. The molecule has 0 radical (unpaired) electrons. The highest BCUT2D eigenvalue weighted by atomic mass is 19.2. The molecule has 0 amide bonds. The van der Waals surface area contributed by atoms with Gasteiger partial charge in [-0.15, -0.1) is 0 Å². The normalized spacial score (nSPS) is 22.0. The van der Waals surface area contributed by atoms with E-state index in [1.165, 1.54) is 6.07 Å². The summed E-state index contributed by atoms with van der Waals surface area (Å²) >= 11 is 0. The molecule has 2 rings (SSSR count). The number of rotatable bonds is 5. The van der Waals surface area contributed by atoms with Crippen LogP contribution >= 0.6 is 0 Å². The molecule has 1 fully saturated rings. The highest BCUT2D eigenvalue weighted by molar-refractivity contribution is 5.75. The smallest absolute Gasteiger partial charge is 0.314 e. The zero-order chi connectivity index (χ0) is 15.9. The van der Waals surface area contributed by atoms with Crippen LogP contribution in [0.3, 0.4) is 0 Å². The van der Waals surface area contributed by atoms with E-state index in [1.54, 1.807) is 0 Å². The zero-order valence-electron chi connectivity index (χ0n) is 12.9. The number of halogens is 2. The Balaban J connectivity index is 1.80. The van der Waals surface area contributed by atoms with Crippen molar-refractivity contribution in [1.29, 1.82) is 0 Å². The van der Waals surface area contributed by atoms with Crippen molar-refractivity contribution >= 4 is 5.97 Å². The van der Waals surface area contributed by atoms with Crippen molar-refractivity contribution in [3.63, 3.8) is 0 Å². The molecule has 2 nitrogen and oxygen atoms in total. The molecule has 0 unspecified atom stereocenters. The lowest BCUT2D eigenvalue weighted by atomic mass is 9.80. The van der Waals surface area contributed by atoms with E-state index in [9.17, 15) is 13.6 Å². The van der Waals surface area contributed by atoms with E-state index in [2.05, 4.69) is 12.2 Å². The van der Waals surface area contributed by atoms with Gasteiger partial charge < -0.3 is 4.74 Å². The fourth-order valence-corrected chi connectivity index (χ4v) is 2.93. The molecule has 0 aromatic heterocycles. The Kier molecular flexibility index (Phi) is 6.10. The van der Waals surface area contributed by atoms with Crippen molar-refractivity contribution in [3.8, 4) is 5.75 Å².